The molecule has 130 valence electrons. The minimum atomic E-state index is -0.428. The maximum atomic E-state index is 13.0. The highest BCUT2D eigenvalue weighted by Crippen LogP contribution is 2.35. The van der Waals surface area contributed by atoms with Crippen molar-refractivity contribution in [1.82, 2.24) is 9.88 Å². The van der Waals surface area contributed by atoms with Gasteiger partial charge >= 0.3 is 0 Å². The Morgan fingerprint density at radius 3 is 2.68 bits per heavy atom. The van der Waals surface area contributed by atoms with Crippen LogP contribution in [0, 0.1) is 0 Å². The predicted molar refractivity (Wildman–Crippen MR) is 91.7 cm³/mol. The van der Waals surface area contributed by atoms with Gasteiger partial charge in [-0.15, -0.1) is 0 Å². The lowest BCUT2D eigenvalue weighted by Gasteiger charge is -2.38. The number of rotatable bonds is 1. The number of aromatic nitrogens is 1. The maximum Gasteiger partial charge on any atom is 0.255 e. The Morgan fingerprint density at radius 1 is 1.12 bits per heavy atom. The van der Waals surface area contributed by atoms with Gasteiger partial charge in [0.2, 0.25) is 5.56 Å². The molecule has 0 saturated carbocycles. The largest absolute Gasteiger partial charge is 0.485 e. The fourth-order valence-electron chi connectivity index (χ4n) is 3.48. The zero-order valence-electron chi connectivity index (χ0n) is 13.9. The van der Waals surface area contributed by atoms with Gasteiger partial charge in [-0.2, -0.15) is 0 Å². The van der Waals surface area contributed by atoms with E-state index in [1.807, 2.05) is 29.2 Å². The van der Waals surface area contributed by atoms with Crippen LogP contribution in [0.2, 0.25) is 0 Å². The van der Waals surface area contributed by atoms with Crippen LogP contribution >= 0.6 is 0 Å². The standard InChI is InChI=1S/C19H20N2O4/c22-17-6-5-14(11-20-17)18(23)21-12-15-3-1-2-4-16(15)25-19(13-21)7-9-24-10-8-19/h1-6,11H,7-10,12-13H2,(H,20,22). The van der Waals surface area contributed by atoms with E-state index in [4.69, 9.17) is 9.47 Å². The molecule has 2 aromatic rings. The lowest BCUT2D eigenvalue weighted by Crippen LogP contribution is -2.50. The van der Waals surface area contributed by atoms with Gasteiger partial charge in [0.05, 0.1) is 25.3 Å². The Morgan fingerprint density at radius 2 is 1.92 bits per heavy atom. The van der Waals surface area contributed by atoms with E-state index in [1.165, 1.54) is 12.3 Å². The molecule has 0 bridgehead atoms. The molecule has 6 heteroatoms. The third-order valence-electron chi connectivity index (χ3n) is 4.86. The number of nitrogens with zero attached hydrogens (tertiary/aromatic N) is 1. The van der Waals surface area contributed by atoms with Crippen molar-refractivity contribution in [3.63, 3.8) is 0 Å². The van der Waals surface area contributed by atoms with Crippen LogP contribution in [-0.2, 0) is 11.3 Å². The number of ether oxygens (including phenoxy) is 2. The van der Waals surface area contributed by atoms with Crippen LogP contribution in [-0.4, -0.2) is 41.2 Å². The first-order chi connectivity index (χ1) is 12.2. The number of carbonyl (C=O) groups is 1. The Bertz CT molecular complexity index is 819. The Hall–Kier alpha value is -2.60. The molecule has 1 fully saturated rings. The van der Waals surface area contributed by atoms with Crippen molar-refractivity contribution in [2.75, 3.05) is 19.8 Å². The lowest BCUT2D eigenvalue weighted by atomic mass is 9.93. The van der Waals surface area contributed by atoms with Crippen molar-refractivity contribution < 1.29 is 14.3 Å². The van der Waals surface area contributed by atoms with Gasteiger partial charge in [-0.3, -0.25) is 9.59 Å². The first-order valence-electron chi connectivity index (χ1n) is 8.48. The monoisotopic (exact) mass is 340 g/mol. The first-order valence-corrected chi connectivity index (χ1v) is 8.48. The van der Waals surface area contributed by atoms with Crippen molar-refractivity contribution in [2.45, 2.75) is 25.0 Å². The molecule has 0 unspecified atom stereocenters. The smallest absolute Gasteiger partial charge is 0.255 e. The van der Waals surface area contributed by atoms with Crippen LogP contribution in [0.15, 0.2) is 47.4 Å². The van der Waals surface area contributed by atoms with E-state index in [1.54, 1.807) is 6.07 Å². The second-order valence-electron chi connectivity index (χ2n) is 6.61. The summed E-state index contributed by atoms with van der Waals surface area (Å²) in [5.74, 6) is 0.726. The van der Waals surface area contributed by atoms with Crippen molar-refractivity contribution in [3.05, 3.63) is 64.1 Å². The van der Waals surface area contributed by atoms with Crippen molar-refractivity contribution in [1.29, 1.82) is 0 Å². The summed E-state index contributed by atoms with van der Waals surface area (Å²) in [5, 5.41) is 0. The van der Waals surface area contributed by atoms with E-state index in [0.29, 0.717) is 31.9 Å². The molecule has 1 spiro atoms. The Kier molecular flexibility index (Phi) is 4.05. The van der Waals surface area contributed by atoms with Gasteiger partial charge in [-0.05, 0) is 12.1 Å². The Balaban J connectivity index is 1.70. The molecule has 3 heterocycles. The van der Waals surface area contributed by atoms with Gasteiger partial charge in [0, 0.05) is 37.2 Å². The molecule has 0 atom stereocenters. The first kappa shape index (κ1) is 15.9. The van der Waals surface area contributed by atoms with E-state index >= 15 is 0 Å². The SMILES string of the molecule is O=C(c1ccc(=O)[nH]c1)N1Cc2ccccc2OC2(CCOCC2)C1. The molecule has 6 nitrogen and oxygen atoms in total. The second-order valence-corrected chi connectivity index (χ2v) is 6.61. The number of amides is 1. The number of fused-ring (bicyclic) bond motifs is 1. The van der Waals surface area contributed by atoms with Gasteiger partial charge in [-0.25, -0.2) is 0 Å². The highest BCUT2D eigenvalue weighted by atomic mass is 16.5. The van der Waals surface area contributed by atoms with E-state index < -0.39 is 5.60 Å². The molecule has 0 aliphatic carbocycles. The second kappa shape index (κ2) is 6.37. The number of hydrogen-bond acceptors (Lipinski definition) is 4. The molecule has 2 aliphatic heterocycles. The van der Waals surface area contributed by atoms with Gasteiger partial charge in [0.1, 0.15) is 11.4 Å². The number of H-pyrrole nitrogens is 1. The number of hydrogen-bond donors (Lipinski definition) is 1. The average molecular weight is 340 g/mol. The summed E-state index contributed by atoms with van der Waals surface area (Å²) in [6.07, 6.45) is 2.96. The maximum absolute atomic E-state index is 13.0. The summed E-state index contributed by atoms with van der Waals surface area (Å²) in [7, 11) is 0. The molecular formula is C19H20N2O4. The van der Waals surface area contributed by atoms with Crippen molar-refractivity contribution in [2.24, 2.45) is 0 Å². The number of para-hydroxylation sites is 1. The number of aromatic amines is 1. The molecule has 25 heavy (non-hydrogen) atoms. The van der Waals surface area contributed by atoms with Gasteiger partial charge < -0.3 is 19.4 Å². The van der Waals surface area contributed by atoms with Crippen LogP contribution in [0.5, 0.6) is 5.75 Å². The fourth-order valence-corrected chi connectivity index (χ4v) is 3.48. The van der Waals surface area contributed by atoms with Crippen LogP contribution in [0.4, 0.5) is 0 Å². The summed E-state index contributed by atoms with van der Waals surface area (Å²) in [4.78, 5) is 28.7. The normalized spacial score (nSPS) is 19.0. The molecular weight excluding hydrogens is 320 g/mol. The highest BCUT2D eigenvalue weighted by molar-refractivity contribution is 5.94. The topological polar surface area (TPSA) is 71.6 Å². The zero-order chi connectivity index (χ0) is 17.3. The predicted octanol–water partition coefficient (Wildman–Crippen LogP) is 1.96. The fraction of sp³-hybridized carbons (Fsp3) is 0.368. The van der Waals surface area contributed by atoms with Crippen molar-refractivity contribution in [3.8, 4) is 5.75 Å². The van der Waals surface area contributed by atoms with Gasteiger partial charge in [-0.1, -0.05) is 18.2 Å². The summed E-state index contributed by atoms with van der Waals surface area (Å²) in [6.45, 7) is 2.24. The molecule has 1 aromatic carbocycles. The summed E-state index contributed by atoms with van der Waals surface area (Å²) in [6, 6.07) is 10.8. The lowest BCUT2D eigenvalue weighted by molar-refractivity contribution is -0.0550. The van der Waals surface area contributed by atoms with E-state index in [-0.39, 0.29) is 11.5 Å². The minimum absolute atomic E-state index is 0.109. The molecule has 2 aliphatic rings. The van der Waals surface area contributed by atoms with Gasteiger partial charge in [0.25, 0.3) is 5.91 Å². The summed E-state index contributed by atoms with van der Waals surface area (Å²) >= 11 is 0. The third-order valence-corrected chi connectivity index (χ3v) is 4.86. The Labute approximate surface area is 145 Å². The van der Waals surface area contributed by atoms with E-state index in [0.717, 1.165) is 24.2 Å². The minimum Gasteiger partial charge on any atom is -0.485 e. The van der Waals surface area contributed by atoms with Crippen molar-refractivity contribution >= 4 is 5.91 Å². The third kappa shape index (κ3) is 3.17. The molecule has 1 N–H and O–H groups in total. The number of carbonyl (C=O) groups excluding carboxylic acids is 1. The van der Waals surface area contributed by atoms with E-state index in [9.17, 15) is 9.59 Å². The summed E-state index contributed by atoms with van der Waals surface area (Å²) in [5.41, 5.74) is 0.815. The molecule has 4 rings (SSSR count). The number of benzene rings is 1. The molecule has 1 aromatic heterocycles. The van der Waals surface area contributed by atoms with Crippen LogP contribution < -0.4 is 10.3 Å². The van der Waals surface area contributed by atoms with Crippen LogP contribution in [0.25, 0.3) is 0 Å². The number of pyridine rings is 1. The number of nitrogens with one attached hydrogen (secondary N) is 1. The molecule has 0 radical (unpaired) electrons. The molecule has 1 amide bonds. The average Bonchev–Trinajstić information content (AvgIpc) is 2.79. The van der Waals surface area contributed by atoms with E-state index in [2.05, 4.69) is 4.98 Å². The van der Waals surface area contributed by atoms with Crippen LogP contribution in [0.3, 0.4) is 0 Å². The quantitative estimate of drug-likeness (QED) is 0.861. The van der Waals surface area contributed by atoms with Crippen LogP contribution in [0.1, 0.15) is 28.8 Å². The summed E-state index contributed by atoms with van der Waals surface area (Å²) < 4.78 is 11.9. The zero-order valence-corrected chi connectivity index (χ0v) is 13.9. The van der Waals surface area contributed by atoms with Gasteiger partial charge in [0.15, 0.2) is 0 Å². The highest BCUT2D eigenvalue weighted by Gasteiger charge is 2.40. The molecule has 1 saturated heterocycles.